The van der Waals surface area contributed by atoms with Gasteiger partial charge < -0.3 is 10.8 Å². The molecule has 0 aliphatic carbocycles. The van der Waals surface area contributed by atoms with E-state index in [1.54, 1.807) is 0 Å². The Kier molecular flexibility index (Phi) is 4.29. The van der Waals surface area contributed by atoms with Gasteiger partial charge in [-0.15, -0.1) is 0 Å². The first-order valence-corrected chi connectivity index (χ1v) is 5.14. The SMILES string of the molecule is NC(CC(=O)O)C(=O)c1ccc(Cl)cc1Cl. The molecule has 0 aromatic heterocycles. The van der Waals surface area contributed by atoms with Crippen molar-refractivity contribution in [1.82, 2.24) is 0 Å². The minimum absolute atomic E-state index is 0.165. The average Bonchev–Trinajstić information content (AvgIpc) is 2.15. The maximum absolute atomic E-state index is 11.7. The Hall–Kier alpha value is -1.10. The zero-order valence-corrected chi connectivity index (χ0v) is 9.63. The van der Waals surface area contributed by atoms with Crippen LogP contribution in [0.3, 0.4) is 0 Å². The maximum Gasteiger partial charge on any atom is 0.305 e. The normalized spacial score (nSPS) is 12.2. The monoisotopic (exact) mass is 261 g/mol. The standard InChI is InChI=1S/C10H9Cl2NO3/c11-5-1-2-6(7(12)3-5)10(16)8(13)4-9(14)15/h1-3,8H,4,13H2,(H,14,15). The van der Waals surface area contributed by atoms with E-state index in [2.05, 4.69) is 0 Å². The summed E-state index contributed by atoms with van der Waals surface area (Å²) in [6, 6.07) is 3.23. The summed E-state index contributed by atoms with van der Waals surface area (Å²) < 4.78 is 0. The number of aliphatic carboxylic acids is 1. The summed E-state index contributed by atoms with van der Waals surface area (Å²) in [4.78, 5) is 22.1. The Morgan fingerprint density at radius 2 is 2.00 bits per heavy atom. The third kappa shape index (κ3) is 3.20. The van der Waals surface area contributed by atoms with Crippen LogP contribution in [0.4, 0.5) is 0 Å². The summed E-state index contributed by atoms with van der Waals surface area (Å²) >= 11 is 11.5. The minimum Gasteiger partial charge on any atom is -0.481 e. The second kappa shape index (κ2) is 5.30. The van der Waals surface area contributed by atoms with Gasteiger partial charge in [-0.25, -0.2) is 0 Å². The van der Waals surface area contributed by atoms with Gasteiger partial charge >= 0.3 is 5.97 Å². The molecule has 0 aliphatic rings. The van der Waals surface area contributed by atoms with E-state index >= 15 is 0 Å². The van der Waals surface area contributed by atoms with E-state index in [1.165, 1.54) is 18.2 Å². The number of halogens is 2. The van der Waals surface area contributed by atoms with E-state index in [0.717, 1.165) is 0 Å². The lowest BCUT2D eigenvalue weighted by Crippen LogP contribution is -2.33. The molecule has 3 N–H and O–H groups in total. The minimum atomic E-state index is -1.13. The first kappa shape index (κ1) is 13.0. The largest absolute Gasteiger partial charge is 0.481 e. The van der Waals surface area contributed by atoms with Crippen molar-refractivity contribution in [3.8, 4) is 0 Å². The highest BCUT2D eigenvalue weighted by molar-refractivity contribution is 6.37. The number of nitrogens with two attached hydrogens (primary N) is 1. The van der Waals surface area contributed by atoms with Gasteiger partial charge in [0.15, 0.2) is 5.78 Å². The number of rotatable bonds is 4. The van der Waals surface area contributed by atoms with Crippen molar-refractivity contribution >= 4 is 35.0 Å². The fourth-order valence-electron chi connectivity index (χ4n) is 1.17. The van der Waals surface area contributed by atoms with Crippen LogP contribution < -0.4 is 5.73 Å². The molecule has 4 nitrogen and oxygen atoms in total. The van der Waals surface area contributed by atoms with Crippen LogP contribution in [0.5, 0.6) is 0 Å². The number of carbonyl (C=O) groups is 2. The third-order valence-corrected chi connectivity index (χ3v) is 2.48. The van der Waals surface area contributed by atoms with E-state index in [4.69, 9.17) is 34.0 Å². The topological polar surface area (TPSA) is 80.4 Å². The number of benzene rings is 1. The smallest absolute Gasteiger partial charge is 0.305 e. The number of hydrogen-bond donors (Lipinski definition) is 2. The first-order valence-electron chi connectivity index (χ1n) is 4.38. The van der Waals surface area contributed by atoms with Gasteiger partial charge in [-0.2, -0.15) is 0 Å². The summed E-state index contributed by atoms with van der Waals surface area (Å²) in [5.74, 6) is -1.64. The van der Waals surface area contributed by atoms with Crippen LogP contribution in [-0.4, -0.2) is 22.9 Å². The fraction of sp³-hybridized carbons (Fsp3) is 0.200. The molecule has 1 unspecified atom stereocenters. The van der Waals surface area contributed by atoms with Crippen molar-refractivity contribution in [1.29, 1.82) is 0 Å². The Morgan fingerprint density at radius 3 is 2.50 bits per heavy atom. The Bertz CT molecular complexity index is 434. The third-order valence-electron chi connectivity index (χ3n) is 1.93. The summed E-state index contributed by atoms with van der Waals surface area (Å²) in [6.07, 6.45) is -0.433. The van der Waals surface area contributed by atoms with Gasteiger partial charge in [0.05, 0.1) is 17.5 Å². The van der Waals surface area contributed by atoms with Crippen LogP contribution in [-0.2, 0) is 4.79 Å². The lowest BCUT2D eigenvalue weighted by Gasteiger charge is -2.09. The van der Waals surface area contributed by atoms with E-state index < -0.39 is 24.2 Å². The van der Waals surface area contributed by atoms with Crippen molar-refractivity contribution in [2.45, 2.75) is 12.5 Å². The van der Waals surface area contributed by atoms with Gasteiger partial charge in [0.25, 0.3) is 0 Å². The molecular weight excluding hydrogens is 253 g/mol. The van der Waals surface area contributed by atoms with E-state index in [1.807, 2.05) is 0 Å². The highest BCUT2D eigenvalue weighted by Gasteiger charge is 2.20. The molecule has 0 spiro atoms. The highest BCUT2D eigenvalue weighted by Crippen LogP contribution is 2.22. The molecule has 0 heterocycles. The van der Waals surface area contributed by atoms with Gasteiger partial charge in [-0.1, -0.05) is 23.2 Å². The van der Waals surface area contributed by atoms with Crippen LogP contribution in [0.1, 0.15) is 16.8 Å². The van der Waals surface area contributed by atoms with Crippen LogP contribution >= 0.6 is 23.2 Å². The van der Waals surface area contributed by atoms with Gasteiger partial charge in [-0.05, 0) is 18.2 Å². The molecule has 1 aromatic rings. The average molecular weight is 262 g/mol. The molecule has 0 amide bonds. The summed E-state index contributed by atoms with van der Waals surface area (Å²) in [7, 11) is 0. The molecule has 0 fully saturated rings. The molecule has 1 rings (SSSR count). The summed E-state index contributed by atoms with van der Waals surface area (Å²) in [5.41, 5.74) is 5.62. The second-order valence-electron chi connectivity index (χ2n) is 3.19. The molecule has 0 aliphatic heterocycles. The number of carbonyl (C=O) groups excluding carboxylic acids is 1. The molecule has 86 valence electrons. The van der Waals surface area contributed by atoms with Crippen LogP contribution in [0.2, 0.25) is 10.0 Å². The van der Waals surface area contributed by atoms with Crippen molar-refractivity contribution in [2.75, 3.05) is 0 Å². The molecule has 16 heavy (non-hydrogen) atoms. The Labute approximate surface area is 102 Å². The van der Waals surface area contributed by atoms with Crippen LogP contribution in [0, 0.1) is 0 Å². The van der Waals surface area contributed by atoms with Crippen molar-refractivity contribution in [3.63, 3.8) is 0 Å². The van der Waals surface area contributed by atoms with Crippen molar-refractivity contribution in [2.24, 2.45) is 5.73 Å². The molecule has 0 radical (unpaired) electrons. The zero-order chi connectivity index (χ0) is 12.3. The number of hydrogen-bond acceptors (Lipinski definition) is 3. The maximum atomic E-state index is 11.7. The molecule has 1 atom stereocenters. The molecule has 0 saturated heterocycles. The van der Waals surface area contributed by atoms with Gasteiger partial charge in [0.2, 0.25) is 0 Å². The van der Waals surface area contributed by atoms with Gasteiger partial charge in [0, 0.05) is 10.6 Å². The van der Waals surface area contributed by atoms with E-state index in [9.17, 15) is 9.59 Å². The van der Waals surface area contributed by atoms with E-state index in [-0.39, 0.29) is 10.6 Å². The number of ketones is 1. The number of carboxylic acids is 1. The lowest BCUT2D eigenvalue weighted by atomic mass is 10.0. The quantitative estimate of drug-likeness (QED) is 0.813. The lowest BCUT2D eigenvalue weighted by molar-refractivity contribution is -0.137. The molecule has 6 heteroatoms. The summed E-state index contributed by atoms with van der Waals surface area (Å²) in [6.45, 7) is 0. The second-order valence-corrected chi connectivity index (χ2v) is 4.04. The van der Waals surface area contributed by atoms with Crippen LogP contribution in [0.25, 0.3) is 0 Å². The molecule has 1 aromatic carbocycles. The zero-order valence-electron chi connectivity index (χ0n) is 8.11. The fourth-order valence-corrected chi connectivity index (χ4v) is 1.67. The van der Waals surface area contributed by atoms with Gasteiger partial charge in [-0.3, -0.25) is 9.59 Å². The first-order chi connectivity index (χ1) is 7.41. The number of carboxylic acid groups (broad SMARTS) is 1. The Morgan fingerprint density at radius 1 is 1.38 bits per heavy atom. The van der Waals surface area contributed by atoms with Crippen molar-refractivity contribution < 1.29 is 14.7 Å². The predicted octanol–water partition coefficient (Wildman–Crippen LogP) is 1.98. The Balaban J connectivity index is 2.92. The van der Waals surface area contributed by atoms with Crippen LogP contribution in [0.15, 0.2) is 18.2 Å². The predicted molar refractivity (Wildman–Crippen MR) is 61.0 cm³/mol. The molecule has 0 saturated carbocycles. The van der Waals surface area contributed by atoms with Crippen molar-refractivity contribution in [3.05, 3.63) is 33.8 Å². The van der Waals surface area contributed by atoms with E-state index in [0.29, 0.717) is 5.02 Å². The highest BCUT2D eigenvalue weighted by atomic mass is 35.5. The molecule has 0 bridgehead atoms. The summed E-state index contributed by atoms with van der Waals surface area (Å²) in [5, 5.41) is 9.07. The molecular formula is C10H9Cl2NO3. The van der Waals surface area contributed by atoms with Gasteiger partial charge in [0.1, 0.15) is 0 Å². The number of Topliss-reactive ketones (excluding diaryl/α,β-unsaturated/α-hetero) is 1.